The van der Waals surface area contributed by atoms with Crippen molar-refractivity contribution in [1.82, 2.24) is 24.6 Å². The van der Waals surface area contributed by atoms with Gasteiger partial charge in [-0.2, -0.15) is 4.98 Å². The minimum atomic E-state index is -2.72. The molecule has 0 saturated carbocycles. The van der Waals surface area contributed by atoms with Crippen molar-refractivity contribution in [3.05, 3.63) is 40.2 Å². The van der Waals surface area contributed by atoms with Crippen LogP contribution in [0.15, 0.2) is 21.7 Å². The van der Waals surface area contributed by atoms with E-state index < -0.39 is 17.7 Å². The molecule has 4 heterocycles. The maximum Gasteiger partial charge on any atom is 0.280 e. The van der Waals surface area contributed by atoms with E-state index in [1.807, 2.05) is 0 Å². The molecule has 0 spiro atoms. The first-order valence-electron chi connectivity index (χ1n) is 10.1. The minimum absolute atomic E-state index is 0.291. The number of piperidine rings is 1. The molecule has 29 heavy (non-hydrogen) atoms. The number of hydrogen-bond donors (Lipinski definition) is 0. The van der Waals surface area contributed by atoms with Crippen LogP contribution in [0.2, 0.25) is 0 Å². The van der Waals surface area contributed by atoms with Crippen LogP contribution in [0, 0.1) is 5.92 Å². The zero-order valence-corrected chi connectivity index (χ0v) is 16.2. The Morgan fingerprint density at radius 1 is 1.17 bits per heavy atom. The Morgan fingerprint density at radius 2 is 1.93 bits per heavy atom. The van der Waals surface area contributed by atoms with E-state index in [0.29, 0.717) is 36.6 Å². The van der Waals surface area contributed by atoms with Crippen molar-refractivity contribution < 1.29 is 18.0 Å². The van der Waals surface area contributed by atoms with E-state index >= 15 is 0 Å². The van der Waals surface area contributed by atoms with Gasteiger partial charge in [-0.15, -0.1) is 0 Å². The molecule has 2 aliphatic heterocycles. The summed E-state index contributed by atoms with van der Waals surface area (Å²) in [5, 5.41) is 4.12. The molecule has 0 radical (unpaired) electrons. The van der Waals surface area contributed by atoms with Gasteiger partial charge in [-0.05, 0) is 44.7 Å². The van der Waals surface area contributed by atoms with Crippen molar-refractivity contribution in [2.75, 3.05) is 26.3 Å². The highest BCUT2D eigenvalue weighted by Gasteiger charge is 2.24. The Hall–Kier alpha value is -2.20. The van der Waals surface area contributed by atoms with Gasteiger partial charge in [0.2, 0.25) is 5.89 Å². The zero-order valence-electron chi connectivity index (χ0n) is 16.2. The summed E-state index contributed by atoms with van der Waals surface area (Å²) in [7, 11) is 0. The number of nitrogens with zero attached hydrogens (tertiary/aromatic N) is 5. The third-order valence-corrected chi connectivity index (χ3v) is 5.71. The van der Waals surface area contributed by atoms with Gasteiger partial charge in [0.05, 0.1) is 12.9 Å². The quantitative estimate of drug-likeness (QED) is 0.724. The molecular weight excluding hydrogens is 384 g/mol. The summed E-state index contributed by atoms with van der Waals surface area (Å²) >= 11 is 0. The van der Waals surface area contributed by atoms with E-state index in [9.17, 15) is 13.6 Å². The van der Waals surface area contributed by atoms with Crippen LogP contribution >= 0.6 is 0 Å². The van der Waals surface area contributed by atoms with E-state index in [4.69, 9.17) is 9.26 Å². The number of halogens is 2. The number of aromatic nitrogens is 4. The van der Waals surface area contributed by atoms with Crippen molar-refractivity contribution >= 4 is 0 Å². The van der Waals surface area contributed by atoms with Gasteiger partial charge in [-0.3, -0.25) is 14.3 Å². The number of likely N-dealkylation sites (tertiary alicyclic amines) is 1. The van der Waals surface area contributed by atoms with E-state index in [1.54, 1.807) is 0 Å². The number of hydrogen-bond acceptors (Lipinski definition) is 7. The Morgan fingerprint density at radius 3 is 2.62 bits per heavy atom. The molecule has 2 aliphatic rings. The fourth-order valence-electron chi connectivity index (χ4n) is 3.94. The van der Waals surface area contributed by atoms with Crippen molar-refractivity contribution in [3.8, 4) is 0 Å². The fourth-order valence-corrected chi connectivity index (χ4v) is 3.94. The van der Waals surface area contributed by atoms with Crippen LogP contribution in [0.1, 0.15) is 55.4 Å². The molecule has 2 aromatic rings. The van der Waals surface area contributed by atoms with Crippen molar-refractivity contribution in [3.63, 3.8) is 0 Å². The lowest BCUT2D eigenvalue weighted by Gasteiger charge is -2.31. The van der Waals surface area contributed by atoms with E-state index in [2.05, 4.69) is 20.0 Å². The molecule has 0 N–H and O–H groups in total. The lowest BCUT2D eigenvalue weighted by molar-refractivity contribution is 0.0778. The molecule has 0 aromatic carbocycles. The van der Waals surface area contributed by atoms with Crippen LogP contribution in [0.25, 0.3) is 0 Å². The lowest BCUT2D eigenvalue weighted by Crippen LogP contribution is -2.36. The molecule has 2 aromatic heterocycles. The standard InChI is InChI=1S/C19H25F2N5O3/c20-18(21)15-9-17(27)26(12-22-15)10-13-1-5-25(6-2-13)11-16-23-19(29-24-16)14-3-7-28-8-4-14/h9,12-14,18H,1-8,10-11H2. The second-order valence-corrected chi connectivity index (χ2v) is 7.76. The van der Waals surface area contributed by atoms with Gasteiger partial charge >= 0.3 is 0 Å². The first kappa shape index (κ1) is 20.1. The Kier molecular flexibility index (Phi) is 6.29. The highest BCUT2D eigenvalue weighted by atomic mass is 19.3. The summed E-state index contributed by atoms with van der Waals surface area (Å²) in [6.45, 7) is 4.34. The molecule has 0 amide bonds. The summed E-state index contributed by atoms with van der Waals surface area (Å²) in [5.41, 5.74) is -0.897. The molecule has 4 rings (SSSR count). The second kappa shape index (κ2) is 9.08. The average Bonchev–Trinajstić information content (AvgIpc) is 3.20. The molecule has 0 unspecified atom stereocenters. The zero-order chi connectivity index (χ0) is 20.2. The molecule has 2 fully saturated rings. The molecule has 10 heteroatoms. The molecule has 158 valence electrons. The first-order valence-corrected chi connectivity index (χ1v) is 10.1. The second-order valence-electron chi connectivity index (χ2n) is 7.76. The fraction of sp³-hybridized carbons (Fsp3) is 0.684. The maximum atomic E-state index is 12.6. The van der Waals surface area contributed by atoms with Gasteiger partial charge in [-0.1, -0.05) is 5.16 Å². The van der Waals surface area contributed by atoms with Crippen molar-refractivity contribution in [2.24, 2.45) is 5.92 Å². The topological polar surface area (TPSA) is 86.3 Å². The summed E-state index contributed by atoms with van der Waals surface area (Å²) in [4.78, 5) is 22.5. The van der Waals surface area contributed by atoms with Gasteiger partial charge in [0, 0.05) is 31.7 Å². The predicted molar refractivity (Wildman–Crippen MR) is 98.5 cm³/mol. The minimum Gasteiger partial charge on any atom is -0.381 e. The SMILES string of the molecule is O=c1cc(C(F)F)ncn1CC1CCN(Cc2noc(C3CCOCC3)n2)CC1. The van der Waals surface area contributed by atoms with Crippen molar-refractivity contribution in [2.45, 2.75) is 51.1 Å². The molecule has 0 aliphatic carbocycles. The molecule has 0 atom stereocenters. The number of rotatable bonds is 6. The Bertz CT molecular complexity index is 858. The number of ether oxygens (including phenoxy) is 1. The van der Waals surface area contributed by atoms with Crippen LogP contribution in [0.5, 0.6) is 0 Å². The highest BCUT2D eigenvalue weighted by Crippen LogP contribution is 2.26. The van der Waals surface area contributed by atoms with Crippen LogP contribution in [0.3, 0.4) is 0 Å². The van der Waals surface area contributed by atoms with Crippen LogP contribution in [-0.4, -0.2) is 50.9 Å². The first-order chi connectivity index (χ1) is 14.1. The Balaban J connectivity index is 1.26. The third-order valence-electron chi connectivity index (χ3n) is 5.71. The van der Waals surface area contributed by atoms with Gasteiger partial charge in [0.15, 0.2) is 5.82 Å². The summed E-state index contributed by atoms with van der Waals surface area (Å²) < 4.78 is 37.5. The van der Waals surface area contributed by atoms with Gasteiger partial charge in [0.25, 0.3) is 12.0 Å². The van der Waals surface area contributed by atoms with E-state index in [1.165, 1.54) is 10.9 Å². The monoisotopic (exact) mass is 409 g/mol. The smallest absolute Gasteiger partial charge is 0.280 e. The van der Waals surface area contributed by atoms with E-state index in [0.717, 1.165) is 58.1 Å². The van der Waals surface area contributed by atoms with Gasteiger partial charge in [0.1, 0.15) is 5.69 Å². The summed E-state index contributed by atoms with van der Waals surface area (Å²) in [5.74, 6) is 2.01. The van der Waals surface area contributed by atoms with Crippen LogP contribution in [0.4, 0.5) is 8.78 Å². The highest BCUT2D eigenvalue weighted by molar-refractivity contribution is 5.01. The Labute approximate surface area is 166 Å². The van der Waals surface area contributed by atoms with Crippen molar-refractivity contribution in [1.29, 1.82) is 0 Å². The third kappa shape index (κ3) is 5.05. The average molecular weight is 409 g/mol. The van der Waals surface area contributed by atoms with Crippen LogP contribution in [-0.2, 0) is 17.8 Å². The molecular formula is C19H25F2N5O3. The summed E-state index contributed by atoms with van der Waals surface area (Å²) in [6.07, 6.45) is 2.16. The maximum absolute atomic E-state index is 12.6. The molecule has 8 nitrogen and oxygen atoms in total. The van der Waals surface area contributed by atoms with Crippen LogP contribution < -0.4 is 5.56 Å². The van der Waals surface area contributed by atoms with E-state index in [-0.39, 0.29) is 0 Å². The lowest BCUT2D eigenvalue weighted by atomic mass is 9.96. The predicted octanol–water partition coefficient (Wildman–Crippen LogP) is 2.37. The normalized spacial score (nSPS) is 19.8. The van der Waals surface area contributed by atoms with Gasteiger partial charge < -0.3 is 9.26 Å². The van der Waals surface area contributed by atoms with Gasteiger partial charge in [-0.25, -0.2) is 13.8 Å². The molecule has 0 bridgehead atoms. The summed E-state index contributed by atoms with van der Waals surface area (Å²) in [6, 6.07) is 0.923. The number of alkyl halides is 2. The molecule has 2 saturated heterocycles. The largest absolute Gasteiger partial charge is 0.381 e.